The molecule has 0 aliphatic rings. The van der Waals surface area contributed by atoms with E-state index >= 15 is 0 Å². The first-order chi connectivity index (χ1) is 8.63. The zero-order valence-corrected chi connectivity index (χ0v) is 11.3. The van der Waals surface area contributed by atoms with Gasteiger partial charge in [0.15, 0.2) is 5.82 Å². The van der Waals surface area contributed by atoms with Crippen molar-refractivity contribution >= 4 is 22.8 Å². The van der Waals surface area contributed by atoms with Crippen molar-refractivity contribution in [2.75, 3.05) is 12.4 Å². The van der Waals surface area contributed by atoms with Gasteiger partial charge in [-0.05, 0) is 31.5 Å². The normalized spacial score (nSPS) is 9.89. The van der Waals surface area contributed by atoms with Crippen molar-refractivity contribution in [2.24, 2.45) is 0 Å². The standard InChI is InChI=1S/C13H13N3OS/c1-8-4-5-11(17-3)10(6-8)16-13-12(7-14)18-9(2)15-13/h4-6,16H,1-3H3. The van der Waals surface area contributed by atoms with E-state index in [4.69, 9.17) is 10.00 Å². The van der Waals surface area contributed by atoms with Crippen LogP contribution in [0, 0.1) is 25.2 Å². The Hall–Kier alpha value is -2.06. The van der Waals surface area contributed by atoms with E-state index in [9.17, 15) is 0 Å². The number of nitrogens with zero attached hydrogens (tertiary/aromatic N) is 2. The zero-order chi connectivity index (χ0) is 13.1. The van der Waals surface area contributed by atoms with Gasteiger partial charge in [0.25, 0.3) is 0 Å². The van der Waals surface area contributed by atoms with Gasteiger partial charge in [0.05, 0.1) is 17.8 Å². The molecule has 1 heterocycles. The molecule has 0 atom stereocenters. The van der Waals surface area contributed by atoms with Crippen LogP contribution in [0.25, 0.3) is 0 Å². The van der Waals surface area contributed by atoms with Gasteiger partial charge in [-0.3, -0.25) is 0 Å². The number of hydrogen-bond donors (Lipinski definition) is 1. The van der Waals surface area contributed by atoms with Gasteiger partial charge >= 0.3 is 0 Å². The highest BCUT2D eigenvalue weighted by Crippen LogP contribution is 2.31. The third kappa shape index (κ3) is 2.44. The van der Waals surface area contributed by atoms with Gasteiger partial charge < -0.3 is 10.1 Å². The van der Waals surface area contributed by atoms with Crippen LogP contribution in [0.15, 0.2) is 18.2 Å². The Morgan fingerprint density at radius 2 is 2.17 bits per heavy atom. The summed E-state index contributed by atoms with van der Waals surface area (Å²) in [5.41, 5.74) is 1.93. The molecular weight excluding hydrogens is 246 g/mol. The lowest BCUT2D eigenvalue weighted by molar-refractivity contribution is 0.416. The lowest BCUT2D eigenvalue weighted by atomic mass is 10.2. The highest BCUT2D eigenvalue weighted by molar-refractivity contribution is 7.12. The monoisotopic (exact) mass is 259 g/mol. The summed E-state index contributed by atoms with van der Waals surface area (Å²) in [6.45, 7) is 3.88. The number of benzene rings is 1. The summed E-state index contributed by atoms with van der Waals surface area (Å²) in [5.74, 6) is 1.32. The highest BCUT2D eigenvalue weighted by Gasteiger charge is 2.11. The number of aryl methyl sites for hydroxylation is 2. The predicted octanol–water partition coefficient (Wildman–Crippen LogP) is 3.38. The Kier molecular flexibility index (Phi) is 3.49. The number of rotatable bonds is 3. The fourth-order valence-electron chi connectivity index (χ4n) is 1.63. The molecule has 1 aromatic heterocycles. The Balaban J connectivity index is 2.39. The molecule has 1 N–H and O–H groups in total. The number of methoxy groups -OCH3 is 1. The third-order valence-electron chi connectivity index (χ3n) is 2.44. The Morgan fingerprint density at radius 3 is 2.83 bits per heavy atom. The average Bonchev–Trinajstić information content (AvgIpc) is 2.70. The van der Waals surface area contributed by atoms with E-state index in [0.717, 1.165) is 22.0 Å². The van der Waals surface area contributed by atoms with Gasteiger partial charge in [0.1, 0.15) is 16.7 Å². The molecule has 0 bridgehead atoms. The van der Waals surface area contributed by atoms with E-state index in [1.54, 1.807) is 7.11 Å². The zero-order valence-electron chi connectivity index (χ0n) is 10.4. The molecule has 0 aliphatic carbocycles. The second-order valence-corrected chi connectivity index (χ2v) is 5.05. The third-order valence-corrected chi connectivity index (χ3v) is 3.32. The van der Waals surface area contributed by atoms with Crippen molar-refractivity contribution in [3.8, 4) is 11.8 Å². The van der Waals surface area contributed by atoms with Crippen molar-refractivity contribution in [1.29, 1.82) is 5.26 Å². The summed E-state index contributed by atoms with van der Waals surface area (Å²) in [7, 11) is 1.62. The van der Waals surface area contributed by atoms with Crippen LogP contribution in [-0.4, -0.2) is 12.1 Å². The molecule has 2 rings (SSSR count). The number of ether oxygens (including phenoxy) is 1. The first-order valence-corrected chi connectivity index (χ1v) is 6.25. The molecule has 4 nitrogen and oxygen atoms in total. The predicted molar refractivity (Wildman–Crippen MR) is 72.6 cm³/mol. The summed E-state index contributed by atoms with van der Waals surface area (Å²) >= 11 is 1.38. The molecule has 0 amide bonds. The molecule has 0 saturated carbocycles. The van der Waals surface area contributed by atoms with Crippen molar-refractivity contribution in [1.82, 2.24) is 4.98 Å². The molecule has 0 unspecified atom stereocenters. The fraction of sp³-hybridized carbons (Fsp3) is 0.231. The van der Waals surface area contributed by atoms with E-state index in [-0.39, 0.29) is 0 Å². The SMILES string of the molecule is COc1ccc(C)cc1Nc1nc(C)sc1C#N. The van der Waals surface area contributed by atoms with E-state index in [1.807, 2.05) is 32.0 Å². The number of nitriles is 1. The second-order valence-electron chi connectivity index (χ2n) is 3.85. The minimum Gasteiger partial charge on any atom is -0.495 e. The smallest absolute Gasteiger partial charge is 0.160 e. The molecule has 0 fully saturated rings. The van der Waals surface area contributed by atoms with Gasteiger partial charge in [-0.1, -0.05) is 6.07 Å². The number of thiazole rings is 1. The van der Waals surface area contributed by atoms with E-state index in [1.165, 1.54) is 11.3 Å². The molecule has 18 heavy (non-hydrogen) atoms. The molecule has 0 spiro atoms. The molecule has 0 aliphatic heterocycles. The van der Waals surface area contributed by atoms with Gasteiger partial charge in [-0.15, -0.1) is 11.3 Å². The molecular formula is C13H13N3OS. The number of anilines is 2. The van der Waals surface area contributed by atoms with E-state index in [2.05, 4.69) is 16.4 Å². The van der Waals surface area contributed by atoms with Crippen LogP contribution in [0.5, 0.6) is 5.75 Å². The Bertz CT molecular complexity index is 613. The maximum absolute atomic E-state index is 9.04. The molecule has 0 saturated heterocycles. The van der Waals surface area contributed by atoms with Crippen LogP contribution in [0.1, 0.15) is 15.4 Å². The lowest BCUT2D eigenvalue weighted by Crippen LogP contribution is -1.96. The first-order valence-electron chi connectivity index (χ1n) is 5.43. The minimum atomic E-state index is 0.580. The van der Waals surface area contributed by atoms with Crippen LogP contribution < -0.4 is 10.1 Å². The van der Waals surface area contributed by atoms with Crippen molar-refractivity contribution < 1.29 is 4.74 Å². The molecule has 2 aromatic rings. The van der Waals surface area contributed by atoms with Gasteiger partial charge in [0, 0.05) is 0 Å². The maximum Gasteiger partial charge on any atom is 0.160 e. The van der Waals surface area contributed by atoms with Gasteiger partial charge in [-0.2, -0.15) is 5.26 Å². The summed E-state index contributed by atoms with van der Waals surface area (Å²) < 4.78 is 5.28. The molecule has 5 heteroatoms. The average molecular weight is 259 g/mol. The molecule has 1 aromatic carbocycles. The van der Waals surface area contributed by atoms with Crippen LogP contribution in [0.3, 0.4) is 0 Å². The van der Waals surface area contributed by atoms with Crippen molar-refractivity contribution in [2.45, 2.75) is 13.8 Å². The Morgan fingerprint density at radius 1 is 1.39 bits per heavy atom. The number of nitrogens with one attached hydrogen (secondary N) is 1. The quantitative estimate of drug-likeness (QED) is 0.918. The minimum absolute atomic E-state index is 0.580. The first kappa shape index (κ1) is 12.4. The molecule has 92 valence electrons. The van der Waals surface area contributed by atoms with Crippen LogP contribution >= 0.6 is 11.3 Å². The van der Waals surface area contributed by atoms with Gasteiger partial charge in [0.2, 0.25) is 0 Å². The highest BCUT2D eigenvalue weighted by atomic mass is 32.1. The molecule has 0 radical (unpaired) electrons. The van der Waals surface area contributed by atoms with Crippen molar-refractivity contribution in [3.05, 3.63) is 33.6 Å². The topological polar surface area (TPSA) is 57.9 Å². The van der Waals surface area contributed by atoms with E-state index < -0.39 is 0 Å². The summed E-state index contributed by atoms with van der Waals surface area (Å²) in [5, 5.41) is 13.1. The van der Waals surface area contributed by atoms with Crippen molar-refractivity contribution in [3.63, 3.8) is 0 Å². The number of hydrogen-bond acceptors (Lipinski definition) is 5. The number of aromatic nitrogens is 1. The summed E-state index contributed by atoms with van der Waals surface area (Å²) in [4.78, 5) is 4.89. The Labute approximate surface area is 110 Å². The second kappa shape index (κ2) is 5.07. The lowest BCUT2D eigenvalue weighted by Gasteiger charge is -2.10. The summed E-state index contributed by atoms with van der Waals surface area (Å²) in [6, 6.07) is 7.97. The van der Waals surface area contributed by atoms with Crippen LogP contribution in [-0.2, 0) is 0 Å². The summed E-state index contributed by atoms with van der Waals surface area (Å²) in [6.07, 6.45) is 0. The van der Waals surface area contributed by atoms with Crippen LogP contribution in [0.4, 0.5) is 11.5 Å². The van der Waals surface area contributed by atoms with Gasteiger partial charge in [-0.25, -0.2) is 4.98 Å². The largest absolute Gasteiger partial charge is 0.495 e. The fourth-order valence-corrected chi connectivity index (χ4v) is 2.31. The van der Waals surface area contributed by atoms with Crippen LogP contribution in [0.2, 0.25) is 0 Å². The van der Waals surface area contributed by atoms with E-state index in [0.29, 0.717) is 10.7 Å². The maximum atomic E-state index is 9.04.